The molecule has 0 radical (unpaired) electrons. The van der Waals surface area contributed by atoms with Crippen molar-refractivity contribution < 1.29 is 9.59 Å². The summed E-state index contributed by atoms with van der Waals surface area (Å²) in [6.45, 7) is 4.51. The molecule has 1 heterocycles. The molecule has 2 amide bonds. The van der Waals surface area contributed by atoms with Crippen LogP contribution in [0.15, 0.2) is 24.3 Å². The molecular formula is C18H25N3O2. The van der Waals surface area contributed by atoms with Crippen molar-refractivity contribution in [3.63, 3.8) is 0 Å². The number of piperidine rings is 1. The van der Waals surface area contributed by atoms with Gasteiger partial charge in [-0.1, -0.05) is 25.1 Å². The van der Waals surface area contributed by atoms with Crippen molar-refractivity contribution in [3.05, 3.63) is 29.8 Å². The molecule has 5 nitrogen and oxygen atoms in total. The molecule has 1 aliphatic heterocycles. The SMILES string of the molecule is C[C@@H]1C[C@H]1C(=O)Nc1ccccc1CN1CCC[C@@H](C(N)=O)C1. The van der Waals surface area contributed by atoms with Gasteiger partial charge in [0, 0.05) is 24.7 Å². The molecule has 5 heteroatoms. The van der Waals surface area contributed by atoms with Crippen molar-refractivity contribution in [2.45, 2.75) is 32.7 Å². The Morgan fingerprint density at radius 1 is 1.35 bits per heavy atom. The van der Waals surface area contributed by atoms with Crippen molar-refractivity contribution in [1.82, 2.24) is 4.90 Å². The summed E-state index contributed by atoms with van der Waals surface area (Å²) >= 11 is 0. The van der Waals surface area contributed by atoms with Crippen molar-refractivity contribution in [2.75, 3.05) is 18.4 Å². The van der Waals surface area contributed by atoms with Gasteiger partial charge < -0.3 is 11.1 Å². The second kappa shape index (κ2) is 6.71. The van der Waals surface area contributed by atoms with Gasteiger partial charge in [0.1, 0.15) is 0 Å². The summed E-state index contributed by atoms with van der Waals surface area (Å²) in [5.74, 6) is 0.522. The normalized spacial score (nSPS) is 27.4. The molecular weight excluding hydrogens is 290 g/mol. The van der Waals surface area contributed by atoms with Gasteiger partial charge >= 0.3 is 0 Å². The van der Waals surface area contributed by atoms with E-state index in [1.54, 1.807) is 0 Å². The maximum absolute atomic E-state index is 12.2. The molecule has 2 aliphatic rings. The Morgan fingerprint density at radius 3 is 2.78 bits per heavy atom. The van der Waals surface area contributed by atoms with Gasteiger partial charge in [-0.05, 0) is 43.4 Å². The van der Waals surface area contributed by atoms with Crippen LogP contribution in [0.25, 0.3) is 0 Å². The molecule has 2 fully saturated rings. The molecule has 0 bridgehead atoms. The predicted molar refractivity (Wildman–Crippen MR) is 89.5 cm³/mol. The Hall–Kier alpha value is -1.88. The third-order valence-electron chi connectivity index (χ3n) is 5.02. The lowest BCUT2D eigenvalue weighted by molar-refractivity contribution is -0.123. The number of nitrogens with one attached hydrogen (secondary N) is 1. The van der Waals surface area contributed by atoms with E-state index in [2.05, 4.69) is 17.1 Å². The fourth-order valence-electron chi connectivity index (χ4n) is 3.37. The molecule has 1 saturated carbocycles. The van der Waals surface area contributed by atoms with E-state index in [9.17, 15) is 9.59 Å². The number of carbonyl (C=O) groups excluding carboxylic acids is 2. The number of primary amides is 1. The molecule has 1 aromatic rings. The Kier molecular flexibility index (Phi) is 4.66. The molecule has 23 heavy (non-hydrogen) atoms. The topological polar surface area (TPSA) is 75.4 Å². The van der Waals surface area contributed by atoms with Gasteiger partial charge in [-0.25, -0.2) is 0 Å². The fourth-order valence-corrected chi connectivity index (χ4v) is 3.37. The van der Waals surface area contributed by atoms with E-state index in [1.165, 1.54) is 0 Å². The highest BCUT2D eigenvalue weighted by Crippen LogP contribution is 2.38. The molecule has 1 aromatic carbocycles. The highest BCUT2D eigenvalue weighted by Gasteiger charge is 2.39. The number of rotatable bonds is 5. The lowest BCUT2D eigenvalue weighted by atomic mass is 9.97. The molecule has 3 atom stereocenters. The van der Waals surface area contributed by atoms with Gasteiger partial charge in [-0.3, -0.25) is 14.5 Å². The summed E-state index contributed by atoms with van der Waals surface area (Å²) in [4.78, 5) is 25.9. The Balaban J connectivity index is 1.65. The summed E-state index contributed by atoms with van der Waals surface area (Å²) in [6.07, 6.45) is 2.85. The van der Waals surface area contributed by atoms with E-state index >= 15 is 0 Å². The quantitative estimate of drug-likeness (QED) is 0.872. The zero-order valence-electron chi connectivity index (χ0n) is 13.6. The lowest BCUT2D eigenvalue weighted by Gasteiger charge is -2.31. The van der Waals surface area contributed by atoms with Crippen LogP contribution in [0.3, 0.4) is 0 Å². The Morgan fingerprint density at radius 2 is 2.09 bits per heavy atom. The number of nitrogens with two attached hydrogens (primary N) is 1. The monoisotopic (exact) mass is 315 g/mol. The van der Waals surface area contributed by atoms with Crippen LogP contribution in [0.1, 0.15) is 31.7 Å². The number of nitrogens with zero attached hydrogens (tertiary/aromatic N) is 1. The molecule has 124 valence electrons. The van der Waals surface area contributed by atoms with Gasteiger partial charge in [0.05, 0.1) is 5.92 Å². The lowest BCUT2D eigenvalue weighted by Crippen LogP contribution is -2.40. The number of anilines is 1. The Bertz CT molecular complexity index is 602. The first-order valence-corrected chi connectivity index (χ1v) is 8.45. The van der Waals surface area contributed by atoms with E-state index in [-0.39, 0.29) is 23.7 Å². The third kappa shape index (κ3) is 3.91. The largest absolute Gasteiger partial charge is 0.369 e. The van der Waals surface area contributed by atoms with E-state index < -0.39 is 0 Å². The molecule has 3 N–H and O–H groups in total. The first-order chi connectivity index (χ1) is 11.0. The smallest absolute Gasteiger partial charge is 0.227 e. The zero-order valence-corrected chi connectivity index (χ0v) is 13.6. The average molecular weight is 315 g/mol. The minimum absolute atomic E-state index is 0.0576. The molecule has 1 aliphatic carbocycles. The van der Waals surface area contributed by atoms with E-state index in [0.29, 0.717) is 12.5 Å². The summed E-state index contributed by atoms with van der Waals surface area (Å²) in [5, 5.41) is 3.07. The summed E-state index contributed by atoms with van der Waals surface area (Å²) in [5.41, 5.74) is 7.43. The summed E-state index contributed by atoms with van der Waals surface area (Å²) in [6, 6.07) is 7.92. The third-order valence-corrected chi connectivity index (χ3v) is 5.02. The number of likely N-dealkylation sites (tertiary alicyclic amines) is 1. The summed E-state index contributed by atoms with van der Waals surface area (Å²) in [7, 11) is 0. The van der Waals surface area contributed by atoms with Crippen molar-refractivity contribution >= 4 is 17.5 Å². The van der Waals surface area contributed by atoms with Crippen LogP contribution in [0, 0.1) is 17.8 Å². The van der Waals surface area contributed by atoms with Gasteiger partial charge in [-0.2, -0.15) is 0 Å². The molecule has 0 unspecified atom stereocenters. The maximum Gasteiger partial charge on any atom is 0.227 e. The molecule has 3 rings (SSSR count). The highest BCUT2D eigenvalue weighted by atomic mass is 16.2. The standard InChI is InChI=1S/C18H25N3O2/c1-12-9-15(12)18(23)20-16-7-3-2-5-13(16)10-21-8-4-6-14(11-21)17(19)22/h2-3,5,7,12,14-15H,4,6,8-11H2,1H3,(H2,19,22)(H,20,23)/t12-,14-,15-/m1/s1. The van der Waals surface area contributed by atoms with E-state index in [0.717, 1.165) is 43.6 Å². The van der Waals surface area contributed by atoms with Crippen LogP contribution in [0.2, 0.25) is 0 Å². The van der Waals surface area contributed by atoms with E-state index in [1.807, 2.05) is 24.3 Å². The first-order valence-electron chi connectivity index (χ1n) is 8.45. The van der Waals surface area contributed by atoms with Crippen LogP contribution in [-0.4, -0.2) is 29.8 Å². The number of hydrogen-bond acceptors (Lipinski definition) is 3. The minimum Gasteiger partial charge on any atom is -0.369 e. The van der Waals surface area contributed by atoms with Crippen LogP contribution in [0.4, 0.5) is 5.69 Å². The van der Waals surface area contributed by atoms with Gasteiger partial charge in [-0.15, -0.1) is 0 Å². The van der Waals surface area contributed by atoms with Crippen molar-refractivity contribution in [2.24, 2.45) is 23.5 Å². The van der Waals surface area contributed by atoms with Gasteiger partial charge in [0.15, 0.2) is 0 Å². The van der Waals surface area contributed by atoms with E-state index in [4.69, 9.17) is 5.73 Å². The van der Waals surface area contributed by atoms with Crippen molar-refractivity contribution in [3.8, 4) is 0 Å². The molecule has 0 aromatic heterocycles. The second-order valence-corrected chi connectivity index (χ2v) is 6.94. The second-order valence-electron chi connectivity index (χ2n) is 6.94. The molecule has 0 spiro atoms. The number of para-hydroxylation sites is 1. The molecule has 1 saturated heterocycles. The highest BCUT2D eigenvalue weighted by molar-refractivity contribution is 5.95. The zero-order chi connectivity index (χ0) is 16.4. The van der Waals surface area contributed by atoms with Gasteiger partial charge in [0.2, 0.25) is 11.8 Å². The number of amides is 2. The van der Waals surface area contributed by atoms with Crippen LogP contribution in [-0.2, 0) is 16.1 Å². The maximum atomic E-state index is 12.2. The fraction of sp³-hybridized carbons (Fsp3) is 0.556. The van der Waals surface area contributed by atoms with Crippen LogP contribution in [0.5, 0.6) is 0 Å². The Labute approximate surface area is 137 Å². The van der Waals surface area contributed by atoms with Crippen LogP contribution >= 0.6 is 0 Å². The average Bonchev–Trinajstić information content (AvgIpc) is 3.26. The number of carbonyl (C=O) groups is 2. The minimum atomic E-state index is -0.209. The first kappa shape index (κ1) is 16.0. The summed E-state index contributed by atoms with van der Waals surface area (Å²) < 4.78 is 0. The van der Waals surface area contributed by atoms with Gasteiger partial charge in [0.25, 0.3) is 0 Å². The van der Waals surface area contributed by atoms with Crippen LogP contribution < -0.4 is 11.1 Å². The van der Waals surface area contributed by atoms with Crippen molar-refractivity contribution in [1.29, 1.82) is 0 Å². The number of hydrogen-bond donors (Lipinski definition) is 2. The predicted octanol–water partition coefficient (Wildman–Crippen LogP) is 1.98. The number of benzene rings is 1.